The van der Waals surface area contributed by atoms with Crippen LogP contribution in [0.1, 0.15) is 16.8 Å². The number of piperazine rings is 1. The normalized spacial score (nSPS) is 27.7. The number of carbonyl (C=O) groups is 1. The number of carboxylic acids is 1. The summed E-state index contributed by atoms with van der Waals surface area (Å²) in [7, 11) is 2.18. The molecule has 0 aliphatic carbocycles. The summed E-state index contributed by atoms with van der Waals surface area (Å²) < 4.78 is 0. The van der Waals surface area contributed by atoms with Crippen LogP contribution in [-0.2, 0) is 0 Å². The molecule has 4 nitrogen and oxygen atoms in total. The maximum atomic E-state index is 10.8. The van der Waals surface area contributed by atoms with Crippen molar-refractivity contribution in [3.63, 3.8) is 0 Å². The molecule has 0 aromatic heterocycles. The van der Waals surface area contributed by atoms with Crippen LogP contribution < -0.4 is 4.90 Å². The summed E-state index contributed by atoms with van der Waals surface area (Å²) in [6.45, 7) is 2.11. The van der Waals surface area contributed by atoms with E-state index in [9.17, 15) is 4.79 Å². The quantitative estimate of drug-likeness (QED) is 0.834. The van der Waals surface area contributed by atoms with Crippen molar-refractivity contribution in [3.05, 3.63) is 29.8 Å². The zero-order chi connectivity index (χ0) is 12.0. The van der Waals surface area contributed by atoms with E-state index in [1.165, 1.54) is 6.42 Å². The van der Waals surface area contributed by atoms with Gasteiger partial charge in [-0.25, -0.2) is 4.79 Å². The van der Waals surface area contributed by atoms with Crippen molar-refractivity contribution in [1.29, 1.82) is 0 Å². The van der Waals surface area contributed by atoms with Crippen molar-refractivity contribution in [2.24, 2.45) is 0 Å². The van der Waals surface area contributed by atoms with Crippen LogP contribution >= 0.6 is 0 Å². The monoisotopic (exact) mass is 232 g/mol. The number of hydrogen-bond donors (Lipinski definition) is 1. The molecule has 2 unspecified atom stereocenters. The van der Waals surface area contributed by atoms with E-state index in [-0.39, 0.29) is 0 Å². The Balaban J connectivity index is 1.75. The fraction of sp³-hybridized carbons (Fsp3) is 0.462. The Hall–Kier alpha value is -1.55. The Kier molecular flexibility index (Phi) is 2.33. The zero-order valence-electron chi connectivity index (χ0n) is 9.84. The highest BCUT2D eigenvalue weighted by molar-refractivity contribution is 5.88. The van der Waals surface area contributed by atoms with Crippen molar-refractivity contribution in [1.82, 2.24) is 4.90 Å². The number of carboxylic acid groups (broad SMARTS) is 1. The fourth-order valence-corrected chi connectivity index (χ4v) is 2.82. The number of hydrogen-bond acceptors (Lipinski definition) is 3. The molecule has 0 saturated carbocycles. The van der Waals surface area contributed by atoms with Gasteiger partial charge >= 0.3 is 5.97 Å². The van der Waals surface area contributed by atoms with Crippen molar-refractivity contribution >= 4 is 11.7 Å². The van der Waals surface area contributed by atoms with Gasteiger partial charge in [0.2, 0.25) is 0 Å². The number of fused-ring (bicyclic) bond motifs is 2. The van der Waals surface area contributed by atoms with E-state index in [0.717, 1.165) is 18.8 Å². The summed E-state index contributed by atoms with van der Waals surface area (Å²) in [6.07, 6.45) is 1.31. The van der Waals surface area contributed by atoms with Crippen molar-refractivity contribution in [2.75, 3.05) is 25.0 Å². The van der Waals surface area contributed by atoms with Gasteiger partial charge in [-0.05, 0) is 37.7 Å². The molecule has 3 heterocycles. The van der Waals surface area contributed by atoms with Crippen molar-refractivity contribution in [2.45, 2.75) is 18.5 Å². The van der Waals surface area contributed by atoms with E-state index in [0.29, 0.717) is 17.6 Å². The molecule has 90 valence electrons. The smallest absolute Gasteiger partial charge is 0.335 e. The van der Waals surface area contributed by atoms with Gasteiger partial charge in [-0.3, -0.25) is 4.90 Å². The first-order valence-electron chi connectivity index (χ1n) is 5.95. The van der Waals surface area contributed by atoms with Gasteiger partial charge in [0, 0.05) is 30.9 Å². The Labute approximate surface area is 100 Å². The lowest BCUT2D eigenvalue weighted by Crippen LogP contribution is -2.67. The minimum absolute atomic E-state index is 0.355. The molecule has 3 aliphatic heterocycles. The maximum absolute atomic E-state index is 10.8. The number of rotatable bonds is 2. The first kappa shape index (κ1) is 10.6. The van der Waals surface area contributed by atoms with Gasteiger partial charge in [0.25, 0.3) is 0 Å². The van der Waals surface area contributed by atoms with Crippen LogP contribution in [0.25, 0.3) is 0 Å². The van der Waals surface area contributed by atoms with Gasteiger partial charge in [-0.2, -0.15) is 0 Å². The molecule has 4 rings (SSSR count). The van der Waals surface area contributed by atoms with E-state index >= 15 is 0 Å². The summed E-state index contributed by atoms with van der Waals surface area (Å²) >= 11 is 0. The number of piperidine rings is 1. The summed E-state index contributed by atoms with van der Waals surface area (Å²) in [6, 6.07) is 8.53. The molecule has 0 spiro atoms. The van der Waals surface area contributed by atoms with Crippen LogP contribution in [-0.4, -0.2) is 48.2 Å². The van der Waals surface area contributed by atoms with Crippen LogP contribution in [0.4, 0.5) is 5.69 Å². The third kappa shape index (κ3) is 1.69. The van der Waals surface area contributed by atoms with Crippen molar-refractivity contribution < 1.29 is 9.90 Å². The second-order valence-corrected chi connectivity index (χ2v) is 4.97. The van der Waals surface area contributed by atoms with Crippen LogP contribution in [0.2, 0.25) is 0 Å². The van der Waals surface area contributed by atoms with Gasteiger partial charge in [0.15, 0.2) is 0 Å². The number of likely N-dealkylation sites (N-methyl/N-ethyl adjacent to an activating group) is 1. The highest BCUT2D eigenvalue weighted by Gasteiger charge is 2.41. The lowest BCUT2D eigenvalue weighted by molar-refractivity contribution is 0.0264. The maximum Gasteiger partial charge on any atom is 0.335 e. The average molecular weight is 232 g/mol. The lowest BCUT2D eigenvalue weighted by Gasteiger charge is -2.55. The van der Waals surface area contributed by atoms with Crippen molar-refractivity contribution in [3.8, 4) is 0 Å². The molecule has 1 aromatic carbocycles. The summed E-state index contributed by atoms with van der Waals surface area (Å²) in [5, 5.41) is 8.85. The minimum Gasteiger partial charge on any atom is -0.478 e. The summed E-state index contributed by atoms with van der Waals surface area (Å²) in [5.41, 5.74) is 1.49. The summed E-state index contributed by atoms with van der Waals surface area (Å²) in [5.74, 6) is -0.863. The molecule has 3 fully saturated rings. The molecule has 0 amide bonds. The summed E-state index contributed by atoms with van der Waals surface area (Å²) in [4.78, 5) is 15.6. The average Bonchev–Trinajstić information content (AvgIpc) is 2.38. The Bertz CT molecular complexity index is 431. The first-order chi connectivity index (χ1) is 8.15. The van der Waals surface area contributed by atoms with Gasteiger partial charge in [0.05, 0.1) is 5.56 Å². The molecule has 3 saturated heterocycles. The molecular weight excluding hydrogens is 216 g/mol. The first-order valence-corrected chi connectivity index (χ1v) is 5.95. The highest BCUT2D eigenvalue weighted by Crippen LogP contribution is 2.32. The number of anilines is 1. The standard InChI is InChI=1S/C13H16N2O2/c1-14-11-6-12(14)8-15(7-11)10-4-2-9(3-5-10)13(16)17/h2-5,11-12H,6-8H2,1H3,(H,16,17). The largest absolute Gasteiger partial charge is 0.478 e. The van der Waals surface area contributed by atoms with Crippen LogP contribution in [0, 0.1) is 0 Å². The molecule has 17 heavy (non-hydrogen) atoms. The number of aromatic carboxylic acids is 1. The third-order valence-electron chi connectivity index (χ3n) is 4.04. The molecular formula is C13H16N2O2. The van der Waals surface area contributed by atoms with Gasteiger partial charge in [0.1, 0.15) is 0 Å². The third-order valence-corrected chi connectivity index (χ3v) is 4.04. The second-order valence-electron chi connectivity index (χ2n) is 4.97. The van der Waals surface area contributed by atoms with E-state index in [1.54, 1.807) is 12.1 Å². The van der Waals surface area contributed by atoms with Gasteiger partial charge in [-0.1, -0.05) is 0 Å². The predicted molar refractivity (Wildman–Crippen MR) is 65.6 cm³/mol. The molecule has 2 bridgehead atoms. The molecule has 0 radical (unpaired) electrons. The Morgan fingerprint density at radius 2 is 1.82 bits per heavy atom. The molecule has 4 heteroatoms. The molecule has 1 N–H and O–H groups in total. The van der Waals surface area contributed by atoms with Crippen LogP contribution in [0.15, 0.2) is 24.3 Å². The van der Waals surface area contributed by atoms with E-state index < -0.39 is 5.97 Å². The molecule has 3 aliphatic rings. The lowest BCUT2D eigenvalue weighted by atomic mass is 9.88. The fourth-order valence-electron chi connectivity index (χ4n) is 2.82. The Morgan fingerprint density at radius 1 is 1.24 bits per heavy atom. The van der Waals surface area contributed by atoms with E-state index in [4.69, 9.17) is 5.11 Å². The van der Waals surface area contributed by atoms with Gasteiger partial charge < -0.3 is 10.0 Å². The predicted octanol–water partition coefficient (Wildman–Crippen LogP) is 1.28. The minimum atomic E-state index is -0.863. The zero-order valence-corrected chi connectivity index (χ0v) is 9.84. The van der Waals surface area contributed by atoms with E-state index in [2.05, 4.69) is 16.8 Å². The molecule has 1 aromatic rings. The Morgan fingerprint density at radius 3 is 2.29 bits per heavy atom. The second kappa shape index (κ2) is 3.74. The van der Waals surface area contributed by atoms with Crippen LogP contribution in [0.5, 0.6) is 0 Å². The highest BCUT2D eigenvalue weighted by atomic mass is 16.4. The number of nitrogens with zero attached hydrogens (tertiary/aromatic N) is 2. The number of benzene rings is 1. The van der Waals surface area contributed by atoms with Gasteiger partial charge in [-0.15, -0.1) is 0 Å². The SMILES string of the molecule is CN1C2CC1CN(c1ccc(C(=O)O)cc1)C2. The molecule has 2 atom stereocenters. The topological polar surface area (TPSA) is 43.8 Å². The van der Waals surface area contributed by atoms with E-state index in [1.807, 2.05) is 12.1 Å². The van der Waals surface area contributed by atoms with Crippen LogP contribution in [0.3, 0.4) is 0 Å².